The zero-order chi connectivity index (χ0) is 23.1. The van der Waals surface area contributed by atoms with Crippen LogP contribution in [0.15, 0.2) is 48.5 Å². The lowest BCUT2D eigenvalue weighted by Gasteiger charge is -2.27. The molecule has 2 rings (SSSR count). The van der Waals surface area contributed by atoms with E-state index in [1.807, 2.05) is 0 Å². The summed E-state index contributed by atoms with van der Waals surface area (Å²) in [5.41, 5.74) is -0.274. The molecular weight excluding hydrogens is 457 g/mol. The summed E-state index contributed by atoms with van der Waals surface area (Å²) < 4.78 is 5.42. The summed E-state index contributed by atoms with van der Waals surface area (Å²) in [5.74, 6) is -1.78. The van der Waals surface area contributed by atoms with Crippen LogP contribution in [0.3, 0.4) is 0 Å². The molecule has 0 aliphatic carbocycles. The normalized spacial score (nSPS) is 12.6. The maximum atomic E-state index is 12.6. The van der Waals surface area contributed by atoms with Crippen molar-refractivity contribution in [3.8, 4) is 0 Å². The average Bonchev–Trinajstić information content (AvgIpc) is 2.75. The minimum Gasteiger partial charge on any atom is -0.452 e. The summed E-state index contributed by atoms with van der Waals surface area (Å²) in [7, 11) is 0. The van der Waals surface area contributed by atoms with Crippen LogP contribution in [0.5, 0.6) is 0 Å². The van der Waals surface area contributed by atoms with E-state index < -0.39 is 45.3 Å². The minimum absolute atomic E-state index is 0.0342. The lowest BCUT2D eigenvalue weighted by atomic mass is 10.0. The molecule has 31 heavy (non-hydrogen) atoms. The fourth-order valence-corrected chi connectivity index (χ4v) is 2.66. The van der Waals surface area contributed by atoms with Crippen molar-refractivity contribution >= 4 is 46.5 Å². The molecule has 2 N–H and O–H groups in total. The van der Waals surface area contributed by atoms with Crippen LogP contribution in [-0.4, -0.2) is 44.3 Å². The number of hydrogen-bond donors (Lipinski definition) is 2. The summed E-state index contributed by atoms with van der Waals surface area (Å²) in [4.78, 5) is 43.4. The highest BCUT2D eigenvalue weighted by Gasteiger charge is 2.30. The Kier molecular flexibility index (Phi) is 8.25. The molecule has 2 aromatic carbocycles. The van der Waals surface area contributed by atoms with Crippen molar-refractivity contribution < 1.29 is 29.3 Å². The summed E-state index contributed by atoms with van der Waals surface area (Å²) in [5, 5.41) is 33.7. The summed E-state index contributed by atoms with van der Waals surface area (Å²) in [6.07, 6.45) is -1.29. The number of alkyl halides is 2. The van der Waals surface area contributed by atoms with Gasteiger partial charge in [0.15, 0.2) is 4.84 Å². The van der Waals surface area contributed by atoms with E-state index in [2.05, 4.69) is 5.32 Å². The summed E-state index contributed by atoms with van der Waals surface area (Å²) in [6.45, 7) is -0.693. The Balaban J connectivity index is 2.35. The SMILES string of the molecule is O=C(O[C@H](c1ccc([N+](=O)[O-])cc1)[C@@H](CO)NC(=O)C(Cl)Cl)c1ccc([N+](=O)[O-])cc1. The quantitative estimate of drug-likeness (QED) is 0.244. The number of nitrogens with one attached hydrogen (secondary N) is 1. The third-order valence-corrected chi connectivity index (χ3v) is 4.46. The molecule has 0 heterocycles. The first-order valence-corrected chi connectivity index (χ1v) is 9.40. The van der Waals surface area contributed by atoms with Gasteiger partial charge in [0.1, 0.15) is 6.10 Å². The monoisotopic (exact) mass is 471 g/mol. The number of hydrogen-bond acceptors (Lipinski definition) is 8. The number of rotatable bonds is 9. The van der Waals surface area contributed by atoms with Crippen molar-refractivity contribution in [2.75, 3.05) is 6.61 Å². The van der Waals surface area contributed by atoms with E-state index in [1.165, 1.54) is 24.3 Å². The van der Waals surface area contributed by atoms with Crippen LogP contribution in [0.4, 0.5) is 11.4 Å². The second-order valence-corrected chi connectivity index (χ2v) is 7.17. The van der Waals surface area contributed by atoms with Crippen LogP contribution < -0.4 is 5.32 Å². The fourth-order valence-electron chi connectivity index (χ4n) is 2.53. The van der Waals surface area contributed by atoms with Crippen LogP contribution in [-0.2, 0) is 9.53 Å². The molecule has 11 nitrogen and oxygen atoms in total. The van der Waals surface area contributed by atoms with Gasteiger partial charge in [0.05, 0.1) is 28.1 Å². The van der Waals surface area contributed by atoms with Gasteiger partial charge in [0, 0.05) is 24.3 Å². The van der Waals surface area contributed by atoms with Crippen molar-refractivity contribution in [2.24, 2.45) is 0 Å². The number of amides is 1. The predicted octanol–water partition coefficient (Wildman–Crippen LogP) is 2.68. The smallest absolute Gasteiger partial charge is 0.338 e. The number of esters is 1. The molecule has 0 fully saturated rings. The zero-order valence-electron chi connectivity index (χ0n) is 15.5. The lowest BCUT2D eigenvalue weighted by Crippen LogP contribution is -2.45. The van der Waals surface area contributed by atoms with Crippen molar-refractivity contribution in [1.29, 1.82) is 0 Å². The number of nitro groups is 2. The van der Waals surface area contributed by atoms with Crippen LogP contribution in [0.2, 0.25) is 0 Å². The van der Waals surface area contributed by atoms with Gasteiger partial charge in [0.2, 0.25) is 0 Å². The Hall–Kier alpha value is -3.28. The number of nitrogens with zero attached hydrogens (tertiary/aromatic N) is 2. The molecule has 2 atom stereocenters. The molecule has 0 saturated carbocycles. The molecule has 0 spiro atoms. The maximum absolute atomic E-state index is 12.6. The molecule has 13 heteroatoms. The minimum atomic E-state index is -1.46. The number of benzene rings is 2. The number of ether oxygens (including phenoxy) is 1. The van der Waals surface area contributed by atoms with E-state index in [4.69, 9.17) is 27.9 Å². The van der Waals surface area contributed by atoms with E-state index in [0.29, 0.717) is 0 Å². The second-order valence-electron chi connectivity index (χ2n) is 6.08. The molecule has 0 aromatic heterocycles. The highest BCUT2D eigenvalue weighted by atomic mass is 35.5. The highest BCUT2D eigenvalue weighted by Crippen LogP contribution is 2.26. The Morgan fingerprint density at radius 1 is 0.968 bits per heavy atom. The molecule has 1 amide bonds. The second kappa shape index (κ2) is 10.7. The van der Waals surface area contributed by atoms with E-state index in [-0.39, 0.29) is 22.5 Å². The lowest BCUT2D eigenvalue weighted by molar-refractivity contribution is -0.385. The maximum Gasteiger partial charge on any atom is 0.338 e. The third kappa shape index (κ3) is 6.35. The number of nitro benzene ring substituents is 2. The Labute approximate surface area is 184 Å². The molecule has 0 radical (unpaired) electrons. The molecular formula is C18H15Cl2N3O8. The van der Waals surface area contributed by atoms with Crippen LogP contribution >= 0.6 is 23.2 Å². The van der Waals surface area contributed by atoms with E-state index in [9.17, 15) is 34.9 Å². The van der Waals surface area contributed by atoms with Crippen LogP contribution in [0.25, 0.3) is 0 Å². The van der Waals surface area contributed by atoms with E-state index in [0.717, 1.165) is 24.3 Å². The van der Waals surface area contributed by atoms with Crippen LogP contribution in [0, 0.1) is 20.2 Å². The summed E-state index contributed by atoms with van der Waals surface area (Å²) in [6, 6.07) is 8.26. The molecule has 0 aliphatic heterocycles. The Morgan fingerprint density at radius 3 is 1.87 bits per heavy atom. The number of aliphatic hydroxyl groups excluding tert-OH is 1. The Morgan fingerprint density at radius 2 is 1.45 bits per heavy atom. The fraction of sp³-hybridized carbons (Fsp3) is 0.222. The molecule has 0 saturated heterocycles. The van der Waals surface area contributed by atoms with Gasteiger partial charge in [-0.25, -0.2) is 4.79 Å². The topological polar surface area (TPSA) is 162 Å². The van der Waals surface area contributed by atoms with Crippen molar-refractivity contribution in [3.63, 3.8) is 0 Å². The number of aliphatic hydroxyl groups is 1. The van der Waals surface area contributed by atoms with Crippen molar-refractivity contribution in [3.05, 3.63) is 79.9 Å². The van der Waals surface area contributed by atoms with Gasteiger partial charge in [-0.2, -0.15) is 0 Å². The van der Waals surface area contributed by atoms with Gasteiger partial charge in [-0.3, -0.25) is 25.0 Å². The first-order valence-electron chi connectivity index (χ1n) is 8.53. The van der Waals surface area contributed by atoms with Gasteiger partial charge in [-0.1, -0.05) is 23.2 Å². The first-order chi connectivity index (χ1) is 14.6. The predicted molar refractivity (Wildman–Crippen MR) is 109 cm³/mol. The van der Waals surface area contributed by atoms with Gasteiger partial charge < -0.3 is 15.2 Å². The standard InChI is InChI=1S/C18H15Cl2N3O8/c19-16(20)17(25)21-14(9-24)15(10-1-5-12(6-2-10)22(27)28)31-18(26)11-3-7-13(8-4-11)23(29)30/h1-8,14-16,24H,9H2,(H,21,25)/t14-,15-/m1/s1. The number of carbonyl (C=O) groups is 2. The Bertz CT molecular complexity index is 967. The van der Waals surface area contributed by atoms with Crippen molar-refractivity contribution in [2.45, 2.75) is 17.0 Å². The van der Waals surface area contributed by atoms with Gasteiger partial charge in [-0.05, 0) is 29.8 Å². The number of carbonyl (C=O) groups excluding carboxylic acids is 2. The van der Waals surface area contributed by atoms with Crippen LogP contribution in [0.1, 0.15) is 22.0 Å². The van der Waals surface area contributed by atoms with Gasteiger partial charge in [0.25, 0.3) is 17.3 Å². The third-order valence-electron chi connectivity index (χ3n) is 4.07. The number of non-ortho nitro benzene ring substituents is 2. The van der Waals surface area contributed by atoms with E-state index in [1.54, 1.807) is 0 Å². The first kappa shape index (κ1) is 24.0. The highest BCUT2D eigenvalue weighted by molar-refractivity contribution is 6.53. The van der Waals surface area contributed by atoms with Crippen molar-refractivity contribution in [1.82, 2.24) is 5.32 Å². The van der Waals surface area contributed by atoms with E-state index >= 15 is 0 Å². The molecule has 164 valence electrons. The molecule has 0 unspecified atom stereocenters. The molecule has 0 bridgehead atoms. The molecule has 2 aromatic rings. The summed E-state index contributed by atoms with van der Waals surface area (Å²) >= 11 is 11.0. The largest absolute Gasteiger partial charge is 0.452 e. The van der Waals surface area contributed by atoms with Gasteiger partial charge in [-0.15, -0.1) is 0 Å². The number of halogens is 2. The zero-order valence-corrected chi connectivity index (χ0v) is 17.0. The van der Waals surface area contributed by atoms with Gasteiger partial charge >= 0.3 is 5.97 Å². The molecule has 0 aliphatic rings. The average molecular weight is 472 g/mol.